The van der Waals surface area contributed by atoms with Crippen LogP contribution in [0.25, 0.3) is 0 Å². The molecule has 0 aliphatic carbocycles. The van der Waals surface area contributed by atoms with Crippen LogP contribution in [-0.4, -0.2) is 28.6 Å². The normalized spacial score (nSPS) is 11.0. The Balaban J connectivity index is 0.00000300. The molecule has 0 aliphatic rings. The van der Waals surface area contributed by atoms with E-state index < -0.39 is 0 Å². The zero-order chi connectivity index (χ0) is 19.6. The second-order valence-electron chi connectivity index (χ2n) is 6.46. The molecule has 0 saturated heterocycles. The van der Waals surface area contributed by atoms with Crippen LogP contribution in [-0.2, 0) is 19.5 Å². The molecule has 2 aromatic carbocycles. The topological polar surface area (TPSA) is 54.2 Å². The lowest BCUT2D eigenvalue weighted by Gasteiger charge is -2.12. The van der Waals surface area contributed by atoms with E-state index in [2.05, 4.69) is 37.3 Å². The lowest BCUT2D eigenvalue weighted by Crippen LogP contribution is -2.38. The van der Waals surface area contributed by atoms with Gasteiger partial charge in [-0.05, 0) is 30.2 Å². The summed E-state index contributed by atoms with van der Waals surface area (Å²) in [7, 11) is 0. The van der Waals surface area contributed by atoms with Crippen LogP contribution >= 0.6 is 24.0 Å². The molecule has 0 atom stereocenters. The molecule has 0 fully saturated rings. The summed E-state index contributed by atoms with van der Waals surface area (Å²) in [6.45, 7) is 4.84. The highest BCUT2D eigenvalue weighted by atomic mass is 127. The number of rotatable bonds is 8. The van der Waals surface area contributed by atoms with Gasteiger partial charge in [-0.15, -0.1) is 24.0 Å². The third-order valence-electron chi connectivity index (χ3n) is 4.32. The summed E-state index contributed by atoms with van der Waals surface area (Å²) in [6.07, 6.45) is 4.64. The highest BCUT2D eigenvalue weighted by molar-refractivity contribution is 14.0. The van der Waals surface area contributed by atoms with Crippen molar-refractivity contribution in [2.75, 3.05) is 13.1 Å². The molecule has 5 nitrogen and oxygen atoms in total. The van der Waals surface area contributed by atoms with Crippen LogP contribution in [0.3, 0.4) is 0 Å². The number of nitrogens with one attached hydrogen (secondary N) is 2. The molecule has 1 aromatic heterocycles. The zero-order valence-electron chi connectivity index (χ0n) is 16.5. The molecule has 0 saturated carbocycles. The summed E-state index contributed by atoms with van der Waals surface area (Å²) in [5, 5.41) is 6.58. The SMILES string of the molecule is CCNC(=NCc1ccc(F)cc1)NCCc1nccn1Cc1ccccc1.I. The van der Waals surface area contributed by atoms with Crippen molar-refractivity contribution in [2.24, 2.45) is 4.99 Å². The number of hydrogen-bond acceptors (Lipinski definition) is 2. The van der Waals surface area contributed by atoms with Gasteiger partial charge in [0.25, 0.3) is 0 Å². The molecule has 0 bridgehead atoms. The van der Waals surface area contributed by atoms with Crippen LogP contribution in [0.4, 0.5) is 4.39 Å². The van der Waals surface area contributed by atoms with Gasteiger partial charge >= 0.3 is 0 Å². The zero-order valence-corrected chi connectivity index (χ0v) is 18.8. The molecule has 2 N–H and O–H groups in total. The van der Waals surface area contributed by atoms with Crippen molar-refractivity contribution in [3.8, 4) is 0 Å². The first-order valence-corrected chi connectivity index (χ1v) is 9.55. The van der Waals surface area contributed by atoms with E-state index in [1.807, 2.05) is 37.5 Å². The molecular formula is C22H27FIN5. The highest BCUT2D eigenvalue weighted by Gasteiger charge is 2.05. The minimum atomic E-state index is -0.233. The predicted molar refractivity (Wildman–Crippen MR) is 126 cm³/mol. The fourth-order valence-corrected chi connectivity index (χ4v) is 2.89. The summed E-state index contributed by atoms with van der Waals surface area (Å²) in [6, 6.07) is 16.8. The monoisotopic (exact) mass is 507 g/mol. The fourth-order valence-electron chi connectivity index (χ4n) is 2.89. The summed E-state index contributed by atoms with van der Waals surface area (Å²) in [5.41, 5.74) is 2.22. The summed E-state index contributed by atoms with van der Waals surface area (Å²) >= 11 is 0. The van der Waals surface area contributed by atoms with Crippen LogP contribution < -0.4 is 10.6 Å². The van der Waals surface area contributed by atoms with Gasteiger partial charge in [0, 0.05) is 38.4 Å². The predicted octanol–water partition coefficient (Wildman–Crippen LogP) is 3.99. The van der Waals surface area contributed by atoms with Gasteiger partial charge in [-0.25, -0.2) is 14.4 Å². The van der Waals surface area contributed by atoms with E-state index in [0.717, 1.165) is 43.4 Å². The molecule has 0 aliphatic heterocycles. The van der Waals surface area contributed by atoms with Crippen LogP contribution in [0.1, 0.15) is 23.9 Å². The summed E-state index contributed by atoms with van der Waals surface area (Å²) in [5.74, 6) is 1.54. The van der Waals surface area contributed by atoms with Gasteiger partial charge in [0.2, 0.25) is 0 Å². The third kappa shape index (κ3) is 7.49. The molecule has 3 aromatic rings. The molecule has 7 heteroatoms. The Hall–Kier alpha value is -2.42. The number of guanidine groups is 1. The quantitative estimate of drug-likeness (QED) is 0.276. The lowest BCUT2D eigenvalue weighted by molar-refractivity contribution is 0.627. The number of benzene rings is 2. The molecule has 29 heavy (non-hydrogen) atoms. The standard InChI is InChI=1S/C22H26FN5.HI/c1-2-24-22(27-16-18-8-10-20(23)11-9-18)26-13-12-21-25-14-15-28(21)17-19-6-4-3-5-7-19;/h3-11,14-15H,2,12-13,16-17H2,1H3,(H2,24,26,27);1H. The van der Waals surface area contributed by atoms with Crippen molar-refractivity contribution in [1.82, 2.24) is 20.2 Å². The van der Waals surface area contributed by atoms with E-state index in [4.69, 9.17) is 0 Å². The first kappa shape index (κ1) is 22.9. The minimum Gasteiger partial charge on any atom is -0.357 e. The van der Waals surface area contributed by atoms with Gasteiger partial charge in [-0.3, -0.25) is 0 Å². The third-order valence-corrected chi connectivity index (χ3v) is 4.32. The van der Waals surface area contributed by atoms with Crippen LogP contribution in [0, 0.1) is 5.82 Å². The van der Waals surface area contributed by atoms with Gasteiger partial charge in [-0.1, -0.05) is 42.5 Å². The summed E-state index contributed by atoms with van der Waals surface area (Å²) < 4.78 is 15.2. The van der Waals surface area contributed by atoms with Crippen LogP contribution in [0.15, 0.2) is 72.0 Å². The number of halogens is 2. The Bertz CT molecular complexity index is 878. The van der Waals surface area contributed by atoms with Gasteiger partial charge in [0.1, 0.15) is 11.6 Å². The average Bonchev–Trinajstić information content (AvgIpc) is 3.15. The van der Waals surface area contributed by atoms with E-state index in [0.29, 0.717) is 6.54 Å². The van der Waals surface area contributed by atoms with E-state index in [9.17, 15) is 4.39 Å². The lowest BCUT2D eigenvalue weighted by atomic mass is 10.2. The fraction of sp³-hybridized carbons (Fsp3) is 0.273. The van der Waals surface area contributed by atoms with E-state index in [1.165, 1.54) is 17.7 Å². The van der Waals surface area contributed by atoms with Crippen molar-refractivity contribution in [2.45, 2.75) is 26.4 Å². The highest BCUT2D eigenvalue weighted by Crippen LogP contribution is 2.06. The van der Waals surface area contributed by atoms with Gasteiger partial charge in [-0.2, -0.15) is 0 Å². The Morgan fingerprint density at radius 2 is 1.79 bits per heavy atom. The van der Waals surface area contributed by atoms with Crippen molar-refractivity contribution in [1.29, 1.82) is 0 Å². The molecule has 1 heterocycles. The molecular weight excluding hydrogens is 480 g/mol. The Morgan fingerprint density at radius 3 is 2.52 bits per heavy atom. The maximum Gasteiger partial charge on any atom is 0.191 e. The Kier molecular flexibility index (Phi) is 9.63. The number of imidazole rings is 1. The summed E-state index contributed by atoms with van der Waals surface area (Å²) in [4.78, 5) is 9.05. The van der Waals surface area contributed by atoms with Gasteiger partial charge < -0.3 is 15.2 Å². The molecule has 0 spiro atoms. The average molecular weight is 507 g/mol. The van der Waals surface area contributed by atoms with Crippen LogP contribution in [0.5, 0.6) is 0 Å². The first-order chi connectivity index (χ1) is 13.7. The molecule has 0 amide bonds. The molecule has 0 radical (unpaired) electrons. The van der Waals surface area contributed by atoms with Crippen molar-refractivity contribution in [3.63, 3.8) is 0 Å². The number of nitrogens with zero attached hydrogens (tertiary/aromatic N) is 3. The number of hydrogen-bond donors (Lipinski definition) is 2. The van der Waals surface area contributed by atoms with Crippen molar-refractivity contribution < 1.29 is 4.39 Å². The van der Waals surface area contributed by atoms with Gasteiger partial charge in [0.15, 0.2) is 5.96 Å². The number of aromatic nitrogens is 2. The van der Waals surface area contributed by atoms with E-state index in [-0.39, 0.29) is 29.8 Å². The Morgan fingerprint density at radius 1 is 1.03 bits per heavy atom. The minimum absolute atomic E-state index is 0. The van der Waals surface area contributed by atoms with E-state index in [1.54, 1.807) is 12.1 Å². The Labute approximate surface area is 188 Å². The second-order valence-corrected chi connectivity index (χ2v) is 6.46. The van der Waals surface area contributed by atoms with E-state index >= 15 is 0 Å². The maximum absolute atomic E-state index is 13.0. The van der Waals surface area contributed by atoms with Crippen molar-refractivity contribution >= 4 is 29.9 Å². The maximum atomic E-state index is 13.0. The largest absolute Gasteiger partial charge is 0.357 e. The molecule has 0 unspecified atom stereocenters. The van der Waals surface area contributed by atoms with Gasteiger partial charge in [0.05, 0.1) is 6.54 Å². The van der Waals surface area contributed by atoms with Crippen LogP contribution in [0.2, 0.25) is 0 Å². The number of aliphatic imine (C=N–C) groups is 1. The first-order valence-electron chi connectivity index (χ1n) is 9.55. The molecule has 154 valence electrons. The smallest absolute Gasteiger partial charge is 0.191 e. The van der Waals surface area contributed by atoms with Crippen molar-refractivity contribution in [3.05, 3.63) is 89.8 Å². The molecule has 3 rings (SSSR count). The second kappa shape index (κ2) is 12.2.